The third kappa shape index (κ3) is 2.78. The van der Waals surface area contributed by atoms with E-state index in [2.05, 4.69) is 25.8 Å². The van der Waals surface area contributed by atoms with Gasteiger partial charge in [-0.15, -0.1) is 0 Å². The van der Waals surface area contributed by atoms with Crippen LogP contribution in [0.1, 0.15) is 0 Å². The van der Waals surface area contributed by atoms with Crippen molar-refractivity contribution in [3.63, 3.8) is 0 Å². The zero-order valence-corrected chi connectivity index (χ0v) is 8.95. The van der Waals surface area contributed by atoms with Crippen LogP contribution in [0, 0.1) is 10.1 Å². The summed E-state index contributed by atoms with van der Waals surface area (Å²) >= 11 is 0. The largest absolute Gasteiger partial charge is 0.326 e. The number of nitro benzene ring substituents is 1. The van der Waals surface area contributed by atoms with E-state index < -0.39 is 11.0 Å². The molecule has 0 unspecified atom stereocenters. The average molecular weight is 248 g/mol. The maximum atomic E-state index is 11.5. The van der Waals surface area contributed by atoms with Gasteiger partial charge >= 0.3 is 6.03 Å². The molecule has 0 spiro atoms. The zero-order chi connectivity index (χ0) is 13.0. The Labute approximate surface area is 100 Å². The van der Waals surface area contributed by atoms with Crippen LogP contribution in [0.15, 0.2) is 30.6 Å². The normalized spacial score (nSPS) is 9.78. The van der Waals surface area contributed by atoms with Gasteiger partial charge in [-0.3, -0.25) is 15.4 Å². The predicted molar refractivity (Wildman–Crippen MR) is 62.1 cm³/mol. The molecule has 92 valence electrons. The number of H-pyrrole nitrogens is 1. The van der Waals surface area contributed by atoms with Gasteiger partial charge in [0.05, 0.1) is 4.92 Å². The number of anilines is 2. The molecule has 9 heteroatoms. The number of urea groups is 1. The molecule has 18 heavy (non-hydrogen) atoms. The van der Waals surface area contributed by atoms with Gasteiger partial charge in [0.1, 0.15) is 6.33 Å². The van der Waals surface area contributed by atoms with Crippen LogP contribution in [0.4, 0.5) is 22.1 Å². The molecule has 0 atom stereocenters. The van der Waals surface area contributed by atoms with E-state index in [1.54, 1.807) is 0 Å². The van der Waals surface area contributed by atoms with E-state index in [9.17, 15) is 14.9 Å². The fourth-order valence-corrected chi connectivity index (χ4v) is 1.23. The van der Waals surface area contributed by atoms with E-state index in [4.69, 9.17) is 0 Å². The second-order valence-electron chi connectivity index (χ2n) is 3.22. The highest BCUT2D eigenvalue weighted by atomic mass is 16.6. The highest BCUT2D eigenvalue weighted by Crippen LogP contribution is 2.16. The van der Waals surface area contributed by atoms with Crippen molar-refractivity contribution < 1.29 is 9.72 Å². The van der Waals surface area contributed by atoms with Crippen molar-refractivity contribution in [2.45, 2.75) is 0 Å². The minimum absolute atomic E-state index is 0.104. The zero-order valence-electron chi connectivity index (χ0n) is 8.95. The number of nitro groups is 1. The van der Waals surface area contributed by atoms with E-state index in [1.807, 2.05) is 0 Å². The number of carbonyl (C=O) groups is 1. The first-order chi connectivity index (χ1) is 8.65. The van der Waals surface area contributed by atoms with Gasteiger partial charge in [-0.2, -0.15) is 10.1 Å². The number of non-ortho nitro benzene ring substituents is 1. The lowest BCUT2D eigenvalue weighted by molar-refractivity contribution is -0.384. The molecule has 0 aliphatic heterocycles. The van der Waals surface area contributed by atoms with Gasteiger partial charge in [0.25, 0.3) is 5.69 Å². The Bertz CT molecular complexity index is 567. The van der Waals surface area contributed by atoms with Gasteiger partial charge in [-0.25, -0.2) is 9.89 Å². The van der Waals surface area contributed by atoms with Crippen LogP contribution in [-0.4, -0.2) is 26.1 Å². The quantitative estimate of drug-likeness (QED) is 0.558. The molecular weight excluding hydrogens is 240 g/mol. The van der Waals surface area contributed by atoms with Crippen LogP contribution in [0.5, 0.6) is 0 Å². The van der Waals surface area contributed by atoms with Gasteiger partial charge in [-0.1, -0.05) is 6.07 Å². The number of amides is 2. The molecule has 0 fully saturated rings. The monoisotopic (exact) mass is 248 g/mol. The molecule has 0 aliphatic carbocycles. The summed E-state index contributed by atoms with van der Waals surface area (Å²) in [5, 5.41) is 21.3. The fourth-order valence-electron chi connectivity index (χ4n) is 1.23. The van der Waals surface area contributed by atoms with Gasteiger partial charge in [0, 0.05) is 17.8 Å². The summed E-state index contributed by atoms with van der Waals surface area (Å²) in [5.74, 6) is 0.179. The van der Waals surface area contributed by atoms with Gasteiger partial charge in [-0.05, 0) is 6.07 Å². The van der Waals surface area contributed by atoms with Crippen molar-refractivity contribution in [1.29, 1.82) is 0 Å². The summed E-state index contributed by atoms with van der Waals surface area (Å²) < 4.78 is 0. The lowest BCUT2D eigenvalue weighted by atomic mass is 10.3. The molecule has 2 aromatic rings. The molecule has 3 N–H and O–H groups in total. The number of aromatic nitrogens is 3. The second-order valence-corrected chi connectivity index (χ2v) is 3.22. The standard InChI is InChI=1S/C9H8N6O3/c16-9(13-8-10-5-11-14-8)12-6-2-1-3-7(4-6)15(17)18/h1-5H,(H3,10,11,12,13,14,16). The first-order valence-corrected chi connectivity index (χ1v) is 4.83. The van der Waals surface area contributed by atoms with E-state index >= 15 is 0 Å². The molecule has 2 amide bonds. The summed E-state index contributed by atoms with van der Waals surface area (Å²) in [7, 11) is 0. The van der Waals surface area contributed by atoms with Crippen LogP contribution < -0.4 is 10.6 Å². The van der Waals surface area contributed by atoms with Crippen molar-refractivity contribution in [3.05, 3.63) is 40.7 Å². The Morgan fingerprint density at radius 1 is 1.39 bits per heavy atom. The fraction of sp³-hybridized carbons (Fsp3) is 0. The first-order valence-electron chi connectivity index (χ1n) is 4.83. The van der Waals surface area contributed by atoms with E-state index in [-0.39, 0.29) is 11.6 Å². The molecule has 1 aromatic heterocycles. The van der Waals surface area contributed by atoms with Crippen LogP contribution >= 0.6 is 0 Å². The van der Waals surface area contributed by atoms with E-state index in [0.29, 0.717) is 5.69 Å². The van der Waals surface area contributed by atoms with Crippen molar-refractivity contribution in [1.82, 2.24) is 15.2 Å². The van der Waals surface area contributed by atoms with E-state index in [1.165, 1.54) is 30.6 Å². The molecule has 0 bridgehead atoms. The lowest BCUT2D eigenvalue weighted by Crippen LogP contribution is -2.20. The third-order valence-corrected chi connectivity index (χ3v) is 1.96. The number of hydrogen-bond acceptors (Lipinski definition) is 5. The van der Waals surface area contributed by atoms with Crippen LogP contribution in [0.2, 0.25) is 0 Å². The highest BCUT2D eigenvalue weighted by Gasteiger charge is 2.08. The highest BCUT2D eigenvalue weighted by molar-refractivity contribution is 5.98. The van der Waals surface area contributed by atoms with Gasteiger partial charge in [0.2, 0.25) is 5.95 Å². The molecule has 1 aromatic carbocycles. The maximum Gasteiger partial charge on any atom is 0.326 e. The minimum Gasteiger partial charge on any atom is -0.307 e. The van der Waals surface area contributed by atoms with Gasteiger partial charge < -0.3 is 5.32 Å². The molecule has 0 saturated heterocycles. The Balaban J connectivity index is 2.03. The Morgan fingerprint density at radius 2 is 2.22 bits per heavy atom. The number of benzene rings is 1. The molecule has 0 aliphatic rings. The van der Waals surface area contributed by atoms with Crippen LogP contribution in [0.3, 0.4) is 0 Å². The van der Waals surface area contributed by atoms with E-state index in [0.717, 1.165) is 0 Å². The number of aromatic amines is 1. The van der Waals surface area contributed by atoms with Crippen molar-refractivity contribution in [2.24, 2.45) is 0 Å². The topological polar surface area (TPSA) is 126 Å². The molecule has 1 heterocycles. The summed E-state index contributed by atoms with van der Waals surface area (Å²) in [4.78, 5) is 25.2. The SMILES string of the molecule is O=C(Nc1cccc([N+](=O)[O-])c1)Nc1ncn[nH]1. The smallest absolute Gasteiger partial charge is 0.307 e. The molecular formula is C9H8N6O3. The lowest BCUT2D eigenvalue weighted by Gasteiger charge is -2.04. The molecule has 2 rings (SSSR count). The number of carbonyl (C=O) groups excluding carboxylic acids is 1. The summed E-state index contributed by atoms with van der Waals surface area (Å²) in [6.45, 7) is 0. The third-order valence-electron chi connectivity index (χ3n) is 1.96. The minimum atomic E-state index is -0.577. The number of hydrogen-bond donors (Lipinski definition) is 3. The molecule has 0 radical (unpaired) electrons. The second kappa shape index (κ2) is 4.91. The van der Waals surface area contributed by atoms with Gasteiger partial charge in [0.15, 0.2) is 0 Å². The predicted octanol–water partition coefficient (Wildman–Crippen LogP) is 1.36. The number of nitrogens with zero attached hydrogens (tertiary/aromatic N) is 3. The van der Waals surface area contributed by atoms with Crippen molar-refractivity contribution in [2.75, 3.05) is 10.6 Å². The van der Waals surface area contributed by atoms with Crippen LogP contribution in [0.25, 0.3) is 0 Å². The Morgan fingerprint density at radius 3 is 2.89 bits per heavy atom. The van der Waals surface area contributed by atoms with Crippen LogP contribution in [-0.2, 0) is 0 Å². The summed E-state index contributed by atoms with van der Waals surface area (Å²) in [6.07, 6.45) is 1.24. The Hall–Kier alpha value is -2.97. The number of rotatable bonds is 3. The molecule has 0 saturated carbocycles. The molecule has 9 nitrogen and oxygen atoms in total. The Kier molecular flexibility index (Phi) is 3.14. The maximum absolute atomic E-state index is 11.5. The average Bonchev–Trinajstić information content (AvgIpc) is 2.82. The number of nitrogens with one attached hydrogen (secondary N) is 3. The first kappa shape index (κ1) is 11.5. The summed E-state index contributed by atoms with van der Waals surface area (Å²) in [5.41, 5.74) is 0.202. The van der Waals surface area contributed by atoms with Crippen molar-refractivity contribution in [3.8, 4) is 0 Å². The van der Waals surface area contributed by atoms with Crippen molar-refractivity contribution >= 4 is 23.4 Å². The summed E-state index contributed by atoms with van der Waals surface area (Å²) in [6, 6.07) is 5.02.